The van der Waals surface area contributed by atoms with E-state index in [2.05, 4.69) is 5.32 Å². The van der Waals surface area contributed by atoms with Crippen LogP contribution in [0.1, 0.15) is 66.1 Å². The highest BCUT2D eigenvalue weighted by Gasteiger charge is 2.49. The van der Waals surface area contributed by atoms with E-state index in [1.165, 1.54) is 0 Å². The number of rotatable bonds is 5. The number of halogens is 2. The zero-order valence-electron chi connectivity index (χ0n) is 18.4. The number of fused-ring (bicyclic) bond motifs is 1. The molecule has 2 aliphatic rings. The Morgan fingerprint density at radius 1 is 1.09 bits per heavy atom. The van der Waals surface area contributed by atoms with E-state index in [0.717, 1.165) is 12.8 Å². The largest absolute Gasteiger partial charge is 0.369 e. The predicted molar refractivity (Wildman–Crippen MR) is 128 cm³/mol. The number of nitrogens with two attached hydrogens (primary N) is 1. The van der Waals surface area contributed by atoms with Gasteiger partial charge in [-0.3, -0.25) is 14.4 Å². The highest BCUT2D eigenvalue weighted by Crippen LogP contribution is 2.48. The molecule has 4 unspecified atom stereocenters. The van der Waals surface area contributed by atoms with Crippen LogP contribution in [-0.2, 0) is 9.59 Å². The summed E-state index contributed by atoms with van der Waals surface area (Å²) in [4.78, 5) is 41.5. The Morgan fingerprint density at radius 3 is 2.52 bits per heavy atom. The number of hydrogen-bond donors (Lipinski definition) is 2. The van der Waals surface area contributed by atoms with Crippen molar-refractivity contribution in [1.82, 2.24) is 10.2 Å². The summed E-state index contributed by atoms with van der Waals surface area (Å²) < 4.78 is 0. The smallest absolute Gasteiger partial charge is 0.254 e. The molecule has 1 aliphatic carbocycles. The number of carbonyl (C=O) groups is 3. The molecule has 2 aromatic carbocycles. The zero-order valence-corrected chi connectivity index (χ0v) is 19.9. The molecule has 33 heavy (non-hydrogen) atoms. The van der Waals surface area contributed by atoms with Crippen molar-refractivity contribution in [1.29, 1.82) is 0 Å². The number of hydrogen-bond acceptors (Lipinski definition) is 3. The van der Waals surface area contributed by atoms with Gasteiger partial charge in [0.25, 0.3) is 5.91 Å². The average Bonchev–Trinajstić information content (AvgIpc) is 2.79. The van der Waals surface area contributed by atoms with E-state index in [9.17, 15) is 14.4 Å². The summed E-state index contributed by atoms with van der Waals surface area (Å²) in [5, 5.41) is 3.71. The highest BCUT2D eigenvalue weighted by molar-refractivity contribution is 6.35. The van der Waals surface area contributed by atoms with E-state index < -0.39 is 17.9 Å². The van der Waals surface area contributed by atoms with Crippen molar-refractivity contribution in [2.24, 2.45) is 11.7 Å². The fraction of sp³-hybridized carbons (Fsp3) is 0.400. The number of carbonyl (C=O) groups excluding carboxylic acids is 3. The van der Waals surface area contributed by atoms with Crippen molar-refractivity contribution in [3.8, 4) is 0 Å². The van der Waals surface area contributed by atoms with E-state index in [1.807, 2.05) is 6.92 Å². The van der Waals surface area contributed by atoms with Crippen LogP contribution in [0.5, 0.6) is 0 Å². The Balaban J connectivity index is 1.92. The van der Waals surface area contributed by atoms with E-state index in [1.54, 1.807) is 47.4 Å². The maximum atomic E-state index is 13.9. The minimum atomic E-state index is -0.811. The lowest BCUT2D eigenvalue weighted by Crippen LogP contribution is -2.56. The Morgan fingerprint density at radius 2 is 1.82 bits per heavy atom. The molecule has 0 bridgehead atoms. The van der Waals surface area contributed by atoms with Crippen molar-refractivity contribution in [3.63, 3.8) is 0 Å². The SMILES string of the molecule is CCNC(=O)C1CCCCC1N1C(=O)c2ccccc2C(C(N)=O)C1c1ccc(Cl)cc1Cl. The summed E-state index contributed by atoms with van der Waals surface area (Å²) in [6.45, 7) is 2.38. The summed E-state index contributed by atoms with van der Waals surface area (Å²) in [6, 6.07) is 10.9. The topological polar surface area (TPSA) is 92.5 Å². The standard InChI is InChI=1S/C25H27Cl2N3O3/c1-2-29-24(32)18-9-5-6-10-20(18)30-22(17-12-11-14(26)13-19(17)27)21(23(28)31)15-7-3-4-8-16(15)25(30)33/h3-4,7-8,11-13,18,20-22H,2,5-6,9-10H2,1H3,(H2,28,31)(H,29,32). The third kappa shape index (κ3) is 4.34. The Kier molecular flexibility index (Phi) is 6.96. The molecule has 1 saturated carbocycles. The van der Waals surface area contributed by atoms with Crippen LogP contribution in [0.25, 0.3) is 0 Å². The normalized spacial score (nSPS) is 24.8. The lowest BCUT2D eigenvalue weighted by Gasteiger charge is -2.48. The van der Waals surface area contributed by atoms with Gasteiger partial charge in [0.15, 0.2) is 0 Å². The molecular weight excluding hydrogens is 461 g/mol. The molecule has 1 fully saturated rings. The maximum Gasteiger partial charge on any atom is 0.254 e. The first-order valence-electron chi connectivity index (χ1n) is 11.3. The van der Waals surface area contributed by atoms with E-state index in [4.69, 9.17) is 28.9 Å². The second-order valence-corrected chi connectivity index (χ2v) is 9.49. The first kappa shape index (κ1) is 23.6. The second-order valence-electron chi connectivity index (χ2n) is 8.64. The van der Waals surface area contributed by atoms with Gasteiger partial charge in [0.1, 0.15) is 0 Å². The van der Waals surface area contributed by atoms with E-state index >= 15 is 0 Å². The Bertz CT molecular complexity index is 1090. The molecule has 2 aromatic rings. The van der Waals surface area contributed by atoms with Gasteiger partial charge in [-0.15, -0.1) is 0 Å². The molecule has 3 amide bonds. The molecule has 1 aliphatic heterocycles. The van der Waals surface area contributed by atoms with Crippen LogP contribution in [0.2, 0.25) is 10.0 Å². The van der Waals surface area contributed by atoms with Crippen LogP contribution in [-0.4, -0.2) is 35.2 Å². The monoisotopic (exact) mass is 487 g/mol. The summed E-state index contributed by atoms with van der Waals surface area (Å²) in [5.74, 6) is -2.04. The Hall–Kier alpha value is -2.57. The molecule has 0 spiro atoms. The van der Waals surface area contributed by atoms with Gasteiger partial charge in [-0.2, -0.15) is 0 Å². The van der Waals surface area contributed by atoms with Gasteiger partial charge in [-0.25, -0.2) is 0 Å². The summed E-state index contributed by atoms with van der Waals surface area (Å²) in [7, 11) is 0. The third-order valence-corrected chi connectivity index (χ3v) is 7.30. The minimum absolute atomic E-state index is 0.0783. The molecule has 1 heterocycles. The van der Waals surface area contributed by atoms with Gasteiger partial charge >= 0.3 is 0 Å². The molecule has 3 N–H and O–H groups in total. The fourth-order valence-electron chi connectivity index (χ4n) is 5.35. The van der Waals surface area contributed by atoms with Crippen molar-refractivity contribution in [2.75, 3.05) is 6.54 Å². The van der Waals surface area contributed by atoms with Crippen LogP contribution in [0.4, 0.5) is 0 Å². The molecule has 0 saturated heterocycles. The number of nitrogens with zero attached hydrogens (tertiary/aromatic N) is 1. The molecule has 8 heteroatoms. The molecule has 6 nitrogen and oxygen atoms in total. The van der Waals surface area contributed by atoms with Gasteiger partial charge in [0.2, 0.25) is 11.8 Å². The average molecular weight is 488 g/mol. The second kappa shape index (κ2) is 9.74. The van der Waals surface area contributed by atoms with Gasteiger partial charge in [0, 0.05) is 28.2 Å². The van der Waals surface area contributed by atoms with E-state index in [-0.39, 0.29) is 23.8 Å². The van der Waals surface area contributed by atoms with Crippen molar-refractivity contribution < 1.29 is 14.4 Å². The van der Waals surface area contributed by atoms with Crippen molar-refractivity contribution >= 4 is 40.9 Å². The lowest BCUT2D eigenvalue weighted by atomic mass is 9.75. The fourth-order valence-corrected chi connectivity index (χ4v) is 5.87. The van der Waals surface area contributed by atoms with Crippen LogP contribution >= 0.6 is 23.2 Å². The van der Waals surface area contributed by atoms with Crippen molar-refractivity contribution in [3.05, 3.63) is 69.2 Å². The Labute approximate surface area is 203 Å². The molecule has 174 valence electrons. The highest BCUT2D eigenvalue weighted by atomic mass is 35.5. The van der Waals surface area contributed by atoms with Crippen molar-refractivity contribution in [2.45, 2.75) is 50.6 Å². The molecule has 0 aromatic heterocycles. The van der Waals surface area contributed by atoms with Gasteiger partial charge in [-0.05, 0) is 49.1 Å². The van der Waals surface area contributed by atoms with Crippen LogP contribution in [0.3, 0.4) is 0 Å². The number of nitrogens with one attached hydrogen (secondary N) is 1. The molecule has 4 rings (SSSR count). The van der Waals surface area contributed by atoms with Gasteiger partial charge < -0.3 is 16.0 Å². The first-order valence-corrected chi connectivity index (χ1v) is 12.0. The molecule has 0 radical (unpaired) electrons. The van der Waals surface area contributed by atoms with Crippen LogP contribution in [0, 0.1) is 5.92 Å². The van der Waals surface area contributed by atoms with Crippen LogP contribution in [0.15, 0.2) is 42.5 Å². The first-order chi connectivity index (χ1) is 15.8. The summed E-state index contributed by atoms with van der Waals surface area (Å²) >= 11 is 12.7. The van der Waals surface area contributed by atoms with E-state index in [0.29, 0.717) is 46.1 Å². The maximum absolute atomic E-state index is 13.9. The minimum Gasteiger partial charge on any atom is -0.369 e. The molecule has 4 atom stereocenters. The zero-order chi connectivity index (χ0) is 23.7. The summed E-state index contributed by atoms with van der Waals surface area (Å²) in [5.41, 5.74) is 7.54. The molecular formula is C25H27Cl2N3O3. The quantitative estimate of drug-likeness (QED) is 0.651. The van der Waals surface area contributed by atoms with Gasteiger partial charge in [0.05, 0.1) is 17.9 Å². The third-order valence-electron chi connectivity index (χ3n) is 6.74. The predicted octanol–water partition coefficient (Wildman–Crippen LogP) is 4.45. The number of benzene rings is 2. The van der Waals surface area contributed by atoms with Crippen LogP contribution < -0.4 is 11.1 Å². The van der Waals surface area contributed by atoms with Gasteiger partial charge in [-0.1, -0.05) is 60.3 Å². The number of primary amides is 1. The summed E-state index contributed by atoms with van der Waals surface area (Å²) in [6.07, 6.45) is 3.12. The number of amides is 3. The lowest BCUT2D eigenvalue weighted by molar-refractivity contribution is -0.128.